The predicted molar refractivity (Wildman–Crippen MR) is 78.9 cm³/mol. The van der Waals surface area contributed by atoms with Gasteiger partial charge in [-0.2, -0.15) is 0 Å². The molecule has 0 saturated carbocycles. The molecule has 1 aromatic heterocycles. The van der Waals surface area contributed by atoms with Crippen LogP contribution >= 0.6 is 33.9 Å². The number of hydrogen-bond acceptors (Lipinski definition) is 3. The summed E-state index contributed by atoms with van der Waals surface area (Å²) in [4.78, 5) is 4.44. The molecular formula is C13H8INOS. The van der Waals surface area contributed by atoms with Gasteiger partial charge in [0.1, 0.15) is 5.75 Å². The highest BCUT2D eigenvalue weighted by molar-refractivity contribution is 14.1. The van der Waals surface area contributed by atoms with Crippen molar-refractivity contribution in [2.24, 2.45) is 0 Å². The van der Waals surface area contributed by atoms with E-state index in [2.05, 4.69) is 39.7 Å². The van der Waals surface area contributed by atoms with Gasteiger partial charge in [0.2, 0.25) is 0 Å². The molecule has 0 atom stereocenters. The average molecular weight is 353 g/mol. The quantitative estimate of drug-likeness (QED) is 0.624. The van der Waals surface area contributed by atoms with Crippen LogP contribution in [0.5, 0.6) is 10.9 Å². The fourth-order valence-electron chi connectivity index (χ4n) is 1.51. The van der Waals surface area contributed by atoms with Crippen molar-refractivity contribution in [2.75, 3.05) is 0 Å². The van der Waals surface area contributed by atoms with Gasteiger partial charge >= 0.3 is 0 Å². The smallest absolute Gasteiger partial charge is 0.279 e. The topological polar surface area (TPSA) is 22.1 Å². The summed E-state index contributed by atoms with van der Waals surface area (Å²) in [7, 11) is 0. The van der Waals surface area contributed by atoms with Gasteiger partial charge in [0.15, 0.2) is 0 Å². The van der Waals surface area contributed by atoms with Gasteiger partial charge in [0.25, 0.3) is 5.19 Å². The van der Waals surface area contributed by atoms with Crippen molar-refractivity contribution in [1.82, 2.24) is 4.98 Å². The summed E-state index contributed by atoms with van der Waals surface area (Å²) >= 11 is 3.87. The van der Waals surface area contributed by atoms with Crippen molar-refractivity contribution in [3.05, 3.63) is 52.1 Å². The maximum Gasteiger partial charge on any atom is 0.279 e. The van der Waals surface area contributed by atoms with Gasteiger partial charge in [-0.05, 0) is 52.9 Å². The summed E-state index contributed by atoms with van der Waals surface area (Å²) in [6.45, 7) is 0. The molecule has 4 heteroatoms. The van der Waals surface area contributed by atoms with Crippen LogP contribution in [0.3, 0.4) is 0 Å². The molecule has 0 aliphatic heterocycles. The number of benzene rings is 2. The molecule has 3 aromatic rings. The molecule has 1 heterocycles. The Morgan fingerprint density at radius 3 is 2.71 bits per heavy atom. The lowest BCUT2D eigenvalue weighted by atomic mass is 10.3. The normalized spacial score (nSPS) is 10.6. The highest BCUT2D eigenvalue weighted by atomic mass is 127. The summed E-state index contributed by atoms with van der Waals surface area (Å²) in [6.07, 6.45) is 0. The Morgan fingerprint density at radius 1 is 1.06 bits per heavy atom. The molecule has 17 heavy (non-hydrogen) atoms. The number of rotatable bonds is 2. The molecule has 0 fully saturated rings. The fourth-order valence-corrected chi connectivity index (χ4v) is 3.09. The van der Waals surface area contributed by atoms with Crippen LogP contribution in [-0.4, -0.2) is 4.98 Å². The zero-order valence-corrected chi connectivity index (χ0v) is 11.7. The largest absolute Gasteiger partial charge is 0.431 e. The Balaban J connectivity index is 1.96. The second-order valence-corrected chi connectivity index (χ2v) is 5.75. The summed E-state index contributed by atoms with van der Waals surface area (Å²) in [6, 6.07) is 15.9. The minimum Gasteiger partial charge on any atom is -0.431 e. The Morgan fingerprint density at radius 2 is 1.88 bits per heavy atom. The van der Waals surface area contributed by atoms with Gasteiger partial charge in [-0.25, -0.2) is 4.98 Å². The molecule has 2 nitrogen and oxygen atoms in total. The third kappa shape index (κ3) is 2.42. The van der Waals surface area contributed by atoms with Crippen LogP contribution in [0.2, 0.25) is 0 Å². The Hall–Kier alpha value is -1.14. The highest BCUT2D eigenvalue weighted by Gasteiger charge is 2.05. The standard InChI is InChI=1S/C13H8INOS/c14-9-6-7-11-12(8-9)17-13(15-11)16-10-4-2-1-3-5-10/h1-8H. The first kappa shape index (κ1) is 11.0. The number of ether oxygens (including phenoxy) is 1. The predicted octanol–water partition coefficient (Wildman–Crippen LogP) is 4.69. The molecule has 0 radical (unpaired) electrons. The van der Waals surface area contributed by atoms with Gasteiger partial charge < -0.3 is 4.74 Å². The highest BCUT2D eigenvalue weighted by Crippen LogP contribution is 2.31. The second kappa shape index (κ2) is 4.62. The SMILES string of the molecule is Ic1ccc2nc(Oc3ccccc3)sc2c1. The molecule has 0 amide bonds. The van der Waals surface area contributed by atoms with E-state index < -0.39 is 0 Å². The number of fused-ring (bicyclic) bond motifs is 1. The van der Waals surface area contributed by atoms with E-state index >= 15 is 0 Å². The summed E-state index contributed by atoms with van der Waals surface area (Å²) in [5.74, 6) is 0.821. The number of hydrogen-bond donors (Lipinski definition) is 0. The van der Waals surface area contributed by atoms with Crippen LogP contribution in [0.4, 0.5) is 0 Å². The molecule has 0 aliphatic carbocycles. The molecule has 84 valence electrons. The number of para-hydroxylation sites is 1. The van der Waals surface area contributed by atoms with Crippen molar-refractivity contribution in [3.63, 3.8) is 0 Å². The van der Waals surface area contributed by atoms with E-state index in [4.69, 9.17) is 4.74 Å². The third-order valence-corrected chi connectivity index (χ3v) is 3.85. The number of aromatic nitrogens is 1. The van der Waals surface area contributed by atoms with E-state index in [0.717, 1.165) is 16.0 Å². The third-order valence-electron chi connectivity index (χ3n) is 2.28. The summed E-state index contributed by atoms with van der Waals surface area (Å²) in [5.41, 5.74) is 0.987. The molecule has 0 unspecified atom stereocenters. The van der Waals surface area contributed by atoms with Crippen LogP contribution in [0.15, 0.2) is 48.5 Å². The Kier molecular flexibility index (Phi) is 2.98. The first-order valence-electron chi connectivity index (χ1n) is 5.10. The minimum atomic E-state index is 0.688. The van der Waals surface area contributed by atoms with Crippen LogP contribution in [0.25, 0.3) is 10.2 Å². The maximum absolute atomic E-state index is 5.71. The molecular weight excluding hydrogens is 345 g/mol. The van der Waals surface area contributed by atoms with E-state index in [0.29, 0.717) is 5.19 Å². The monoisotopic (exact) mass is 353 g/mol. The van der Waals surface area contributed by atoms with Crippen LogP contribution < -0.4 is 4.74 Å². The fraction of sp³-hybridized carbons (Fsp3) is 0. The summed E-state index contributed by atoms with van der Waals surface area (Å²) < 4.78 is 8.08. The van der Waals surface area contributed by atoms with E-state index in [1.54, 1.807) is 11.3 Å². The molecule has 0 spiro atoms. The van der Waals surface area contributed by atoms with Gasteiger partial charge in [-0.1, -0.05) is 29.5 Å². The molecule has 2 aromatic carbocycles. The Labute approximate surface area is 116 Å². The molecule has 3 rings (SSSR count). The molecule has 0 aliphatic rings. The average Bonchev–Trinajstić information content (AvgIpc) is 2.71. The number of halogens is 1. The van der Waals surface area contributed by atoms with Gasteiger partial charge in [0.05, 0.1) is 10.2 Å². The van der Waals surface area contributed by atoms with Gasteiger partial charge in [0, 0.05) is 3.57 Å². The zero-order chi connectivity index (χ0) is 11.7. The van der Waals surface area contributed by atoms with E-state index in [1.165, 1.54) is 3.57 Å². The zero-order valence-electron chi connectivity index (χ0n) is 8.76. The number of thiazole rings is 1. The van der Waals surface area contributed by atoms with Gasteiger partial charge in [-0.3, -0.25) is 0 Å². The maximum atomic E-state index is 5.71. The van der Waals surface area contributed by atoms with Crippen LogP contribution in [-0.2, 0) is 0 Å². The van der Waals surface area contributed by atoms with E-state index in [9.17, 15) is 0 Å². The van der Waals surface area contributed by atoms with Crippen molar-refractivity contribution < 1.29 is 4.74 Å². The van der Waals surface area contributed by atoms with Crippen molar-refractivity contribution in [2.45, 2.75) is 0 Å². The van der Waals surface area contributed by atoms with E-state index in [-0.39, 0.29) is 0 Å². The lowest BCUT2D eigenvalue weighted by Crippen LogP contribution is -1.81. The first-order valence-corrected chi connectivity index (χ1v) is 7.00. The van der Waals surface area contributed by atoms with Crippen LogP contribution in [0.1, 0.15) is 0 Å². The first-order chi connectivity index (χ1) is 8.31. The number of nitrogens with zero attached hydrogens (tertiary/aromatic N) is 1. The van der Waals surface area contributed by atoms with Crippen molar-refractivity contribution >= 4 is 44.1 Å². The van der Waals surface area contributed by atoms with Crippen molar-refractivity contribution in [1.29, 1.82) is 0 Å². The van der Waals surface area contributed by atoms with Crippen molar-refractivity contribution in [3.8, 4) is 10.9 Å². The lowest BCUT2D eigenvalue weighted by Gasteiger charge is -1.98. The van der Waals surface area contributed by atoms with E-state index in [1.807, 2.05) is 36.4 Å². The van der Waals surface area contributed by atoms with Gasteiger partial charge in [-0.15, -0.1) is 0 Å². The minimum absolute atomic E-state index is 0.688. The molecule has 0 saturated heterocycles. The lowest BCUT2D eigenvalue weighted by molar-refractivity contribution is 0.480. The molecule has 0 bridgehead atoms. The second-order valence-electron chi connectivity index (χ2n) is 3.51. The Bertz CT molecular complexity index is 651. The summed E-state index contributed by atoms with van der Waals surface area (Å²) in [5, 5.41) is 0.688. The molecule has 0 N–H and O–H groups in total. The van der Waals surface area contributed by atoms with Crippen LogP contribution in [0, 0.1) is 3.57 Å².